The third kappa shape index (κ3) is 3.83. The molecule has 0 aliphatic rings. The van der Waals surface area contributed by atoms with Crippen LogP contribution >= 0.6 is 0 Å². The fourth-order valence-electron chi connectivity index (χ4n) is 0.395. The Hall–Kier alpha value is -1.12. The summed E-state index contributed by atoms with van der Waals surface area (Å²) in [7, 11) is 0. The van der Waals surface area contributed by atoms with Crippen LogP contribution in [0.2, 0.25) is 0 Å². The van der Waals surface area contributed by atoms with Gasteiger partial charge in [0.2, 0.25) is 11.8 Å². The minimum absolute atomic E-state index is 0.623. The second kappa shape index (κ2) is 4.73. The lowest BCUT2D eigenvalue weighted by Gasteiger charge is -1.70. The molecule has 1 heterocycles. The minimum atomic E-state index is 0.623. The van der Waals surface area contributed by atoms with Crippen LogP contribution in [0.25, 0.3) is 0 Å². The summed E-state index contributed by atoms with van der Waals surface area (Å²) in [5.41, 5.74) is 0. The molecule has 0 N–H and O–H groups in total. The van der Waals surface area contributed by atoms with Crippen molar-refractivity contribution in [1.29, 1.82) is 0 Å². The molecule has 0 saturated heterocycles. The van der Waals surface area contributed by atoms with E-state index in [0.717, 1.165) is 0 Å². The first-order valence-corrected chi connectivity index (χ1v) is 3.04. The molecule has 0 aliphatic carbocycles. The van der Waals surface area contributed by atoms with E-state index in [1.165, 1.54) is 0 Å². The van der Waals surface area contributed by atoms with Crippen molar-refractivity contribution in [3.05, 3.63) is 24.4 Å². The van der Waals surface area contributed by atoms with E-state index in [4.69, 9.17) is 4.42 Å². The van der Waals surface area contributed by atoms with Gasteiger partial charge in [0.15, 0.2) is 0 Å². The van der Waals surface area contributed by atoms with Crippen LogP contribution in [-0.4, -0.2) is 10.2 Å². The Kier molecular flexibility index (Phi) is 4.20. The molecule has 1 aromatic rings. The van der Waals surface area contributed by atoms with Gasteiger partial charge in [0.05, 0.1) is 0 Å². The molecular weight excluding hydrogens is 128 g/mol. The zero-order chi connectivity index (χ0) is 7.98. The van der Waals surface area contributed by atoms with Crippen LogP contribution in [0, 0.1) is 13.8 Å². The van der Waals surface area contributed by atoms with Gasteiger partial charge >= 0.3 is 0 Å². The second-order valence-corrected chi connectivity index (χ2v) is 1.75. The van der Waals surface area contributed by atoms with Gasteiger partial charge in [-0.2, -0.15) is 0 Å². The van der Waals surface area contributed by atoms with Crippen molar-refractivity contribution in [2.45, 2.75) is 20.8 Å². The quantitative estimate of drug-likeness (QED) is 0.516. The Balaban J connectivity index is 0.000000236. The van der Waals surface area contributed by atoms with Crippen LogP contribution in [0.5, 0.6) is 0 Å². The Morgan fingerprint density at radius 3 is 1.70 bits per heavy atom. The van der Waals surface area contributed by atoms with Crippen LogP contribution in [0.4, 0.5) is 0 Å². The van der Waals surface area contributed by atoms with Gasteiger partial charge in [0.1, 0.15) is 0 Å². The van der Waals surface area contributed by atoms with Crippen molar-refractivity contribution >= 4 is 0 Å². The molecule has 3 heteroatoms. The highest BCUT2D eigenvalue weighted by molar-refractivity contribution is 4.72. The number of nitrogens with zero attached hydrogens (tertiary/aromatic N) is 2. The highest BCUT2D eigenvalue weighted by atomic mass is 16.4. The van der Waals surface area contributed by atoms with Crippen LogP contribution in [0.1, 0.15) is 18.7 Å². The lowest BCUT2D eigenvalue weighted by Crippen LogP contribution is -1.68. The van der Waals surface area contributed by atoms with E-state index < -0.39 is 0 Å². The van der Waals surface area contributed by atoms with Gasteiger partial charge < -0.3 is 4.42 Å². The van der Waals surface area contributed by atoms with Crippen molar-refractivity contribution < 1.29 is 4.42 Å². The summed E-state index contributed by atoms with van der Waals surface area (Å²) in [5, 5.41) is 7.20. The van der Waals surface area contributed by atoms with E-state index in [-0.39, 0.29) is 0 Å². The first-order valence-electron chi connectivity index (χ1n) is 3.04. The number of aromatic nitrogens is 2. The Morgan fingerprint density at radius 1 is 1.30 bits per heavy atom. The van der Waals surface area contributed by atoms with Gasteiger partial charge in [0.25, 0.3) is 0 Å². The molecule has 1 rings (SSSR count). The van der Waals surface area contributed by atoms with E-state index >= 15 is 0 Å². The van der Waals surface area contributed by atoms with Crippen molar-refractivity contribution in [2.75, 3.05) is 0 Å². The lowest BCUT2D eigenvalue weighted by atomic mass is 10.8. The number of allylic oxidation sites excluding steroid dienone is 1. The van der Waals surface area contributed by atoms with Crippen LogP contribution < -0.4 is 0 Å². The minimum Gasteiger partial charge on any atom is -0.426 e. The van der Waals surface area contributed by atoms with E-state index in [2.05, 4.69) is 16.8 Å². The van der Waals surface area contributed by atoms with E-state index in [1.54, 1.807) is 19.9 Å². The molecule has 0 saturated carbocycles. The largest absolute Gasteiger partial charge is 0.426 e. The van der Waals surface area contributed by atoms with Crippen molar-refractivity contribution in [3.63, 3.8) is 0 Å². The maximum absolute atomic E-state index is 4.86. The summed E-state index contributed by atoms with van der Waals surface area (Å²) in [6.07, 6.45) is 1.75. The number of aryl methyl sites for hydroxylation is 2. The molecule has 0 fully saturated rings. The van der Waals surface area contributed by atoms with Crippen molar-refractivity contribution in [1.82, 2.24) is 10.2 Å². The molecule has 0 atom stereocenters. The summed E-state index contributed by atoms with van der Waals surface area (Å²) in [5.74, 6) is 1.25. The molecule has 0 spiro atoms. The number of hydrogen-bond acceptors (Lipinski definition) is 3. The van der Waals surface area contributed by atoms with Gasteiger partial charge in [-0.25, -0.2) is 0 Å². The molecule has 3 nitrogen and oxygen atoms in total. The van der Waals surface area contributed by atoms with E-state index in [1.807, 2.05) is 6.92 Å². The predicted molar refractivity (Wildman–Crippen MR) is 39.6 cm³/mol. The second-order valence-electron chi connectivity index (χ2n) is 1.75. The smallest absolute Gasteiger partial charge is 0.213 e. The Morgan fingerprint density at radius 2 is 1.60 bits per heavy atom. The number of hydrogen-bond donors (Lipinski definition) is 0. The van der Waals surface area contributed by atoms with Gasteiger partial charge in [0, 0.05) is 13.8 Å². The molecule has 56 valence electrons. The Bertz CT molecular complexity index is 177. The van der Waals surface area contributed by atoms with Gasteiger partial charge in [-0.1, -0.05) is 6.08 Å². The predicted octanol–water partition coefficient (Wildman–Crippen LogP) is 1.88. The Labute approximate surface area is 60.8 Å². The molecule has 0 aromatic carbocycles. The topological polar surface area (TPSA) is 38.9 Å². The van der Waals surface area contributed by atoms with E-state index in [9.17, 15) is 0 Å². The third-order valence-corrected chi connectivity index (χ3v) is 0.627. The fourth-order valence-corrected chi connectivity index (χ4v) is 0.395. The summed E-state index contributed by atoms with van der Waals surface area (Å²) >= 11 is 0. The molecule has 10 heavy (non-hydrogen) atoms. The zero-order valence-corrected chi connectivity index (χ0v) is 6.59. The van der Waals surface area contributed by atoms with E-state index in [0.29, 0.717) is 11.8 Å². The van der Waals surface area contributed by atoms with Crippen LogP contribution in [0.3, 0.4) is 0 Å². The zero-order valence-electron chi connectivity index (χ0n) is 6.59. The fraction of sp³-hybridized carbons (Fsp3) is 0.429. The van der Waals surface area contributed by atoms with Gasteiger partial charge in [-0.3, -0.25) is 0 Å². The summed E-state index contributed by atoms with van der Waals surface area (Å²) in [4.78, 5) is 0. The summed E-state index contributed by atoms with van der Waals surface area (Å²) in [6.45, 7) is 8.78. The normalized spacial score (nSPS) is 7.90. The van der Waals surface area contributed by atoms with Crippen molar-refractivity contribution in [2.24, 2.45) is 0 Å². The number of rotatable bonds is 0. The highest BCUT2D eigenvalue weighted by Gasteiger charge is 1.89. The average molecular weight is 140 g/mol. The summed E-state index contributed by atoms with van der Waals surface area (Å²) in [6, 6.07) is 0. The lowest BCUT2D eigenvalue weighted by molar-refractivity contribution is 0.489. The molecule has 0 aliphatic heterocycles. The SMILES string of the molecule is C=CC.Cc1nnc(C)o1. The third-order valence-electron chi connectivity index (χ3n) is 0.627. The molecular formula is C7H12N2O. The first kappa shape index (κ1) is 8.88. The van der Waals surface area contributed by atoms with Crippen molar-refractivity contribution in [3.8, 4) is 0 Å². The monoisotopic (exact) mass is 140 g/mol. The van der Waals surface area contributed by atoms with Crippen LogP contribution in [0.15, 0.2) is 17.1 Å². The molecule has 0 amide bonds. The van der Waals surface area contributed by atoms with Gasteiger partial charge in [-0.05, 0) is 6.92 Å². The maximum Gasteiger partial charge on any atom is 0.213 e. The first-order chi connectivity index (χ1) is 4.70. The molecule has 0 bridgehead atoms. The standard InChI is InChI=1S/C4H6N2O.C3H6/c1-3-5-6-4(2)7-3;1-3-2/h1-2H3;3H,1H2,2H3. The average Bonchev–Trinajstić information content (AvgIpc) is 2.17. The van der Waals surface area contributed by atoms with Crippen LogP contribution in [-0.2, 0) is 0 Å². The maximum atomic E-state index is 4.86. The summed E-state index contributed by atoms with van der Waals surface area (Å²) < 4.78 is 4.86. The highest BCUT2D eigenvalue weighted by Crippen LogP contribution is 1.92. The van der Waals surface area contributed by atoms with Gasteiger partial charge in [-0.15, -0.1) is 16.8 Å². The molecule has 0 radical (unpaired) electrons. The molecule has 1 aromatic heterocycles. The molecule has 0 unspecified atom stereocenters.